The van der Waals surface area contributed by atoms with E-state index in [2.05, 4.69) is 85.8 Å². The van der Waals surface area contributed by atoms with Gasteiger partial charge >= 0.3 is 0 Å². The second kappa shape index (κ2) is 22.4. The highest BCUT2D eigenvalue weighted by atomic mass is 19.1. The molecular weight excluding hydrogens is 540 g/mol. The van der Waals surface area contributed by atoms with Crippen molar-refractivity contribution >= 4 is 6.41 Å². The summed E-state index contributed by atoms with van der Waals surface area (Å²) in [6.45, 7) is 15.8. The Balaban J connectivity index is 0.000000326. The first-order valence-electron chi connectivity index (χ1n) is 15.8. The molecule has 1 aliphatic rings. The van der Waals surface area contributed by atoms with Crippen molar-refractivity contribution in [3.63, 3.8) is 0 Å². The Hall–Kier alpha value is -3.09. The Morgan fingerprint density at radius 1 is 0.767 bits per heavy atom. The van der Waals surface area contributed by atoms with Gasteiger partial charge in [-0.25, -0.2) is 8.78 Å². The Labute approximate surface area is 260 Å². The average molecular weight is 596 g/mol. The molecule has 0 spiro atoms. The fourth-order valence-corrected chi connectivity index (χ4v) is 5.22. The first kappa shape index (κ1) is 37.9. The molecule has 3 aromatic carbocycles. The van der Waals surface area contributed by atoms with E-state index >= 15 is 0 Å². The maximum Gasteiger partial charge on any atom is 0.207 e. The zero-order chi connectivity index (χ0) is 32.0. The van der Waals surface area contributed by atoms with Gasteiger partial charge < -0.3 is 10.6 Å². The SMILES string of the molecule is CC.Cc1cc(C)cc(CN(C)C2CCCCC2)c1.Cc1cc(F)cc(F)c1.Cc1cccc(CNCCCNC=O)c1. The van der Waals surface area contributed by atoms with E-state index < -0.39 is 11.6 Å². The summed E-state index contributed by atoms with van der Waals surface area (Å²) in [5, 5.41) is 5.97. The topological polar surface area (TPSA) is 44.4 Å². The van der Waals surface area contributed by atoms with Crippen LogP contribution in [0.1, 0.15) is 85.8 Å². The van der Waals surface area contributed by atoms with Crippen molar-refractivity contribution in [2.24, 2.45) is 0 Å². The molecule has 4 nitrogen and oxygen atoms in total. The summed E-state index contributed by atoms with van der Waals surface area (Å²) < 4.78 is 24.4. The molecule has 0 aliphatic heterocycles. The van der Waals surface area contributed by atoms with E-state index in [0.717, 1.165) is 51.1 Å². The molecule has 1 amide bonds. The molecule has 0 unspecified atom stereocenters. The first-order chi connectivity index (χ1) is 20.7. The molecular formula is C37H55F2N3O. The Kier molecular flexibility index (Phi) is 19.8. The van der Waals surface area contributed by atoms with E-state index in [9.17, 15) is 13.6 Å². The van der Waals surface area contributed by atoms with Gasteiger partial charge in [-0.1, -0.05) is 92.3 Å². The zero-order valence-corrected chi connectivity index (χ0v) is 27.6. The van der Waals surface area contributed by atoms with Crippen LogP contribution in [-0.4, -0.2) is 37.5 Å². The molecule has 43 heavy (non-hydrogen) atoms. The van der Waals surface area contributed by atoms with Gasteiger partial charge in [0.25, 0.3) is 0 Å². The number of nitrogens with zero attached hydrogens (tertiary/aromatic N) is 1. The number of hydrogen-bond donors (Lipinski definition) is 2. The number of amides is 1. The van der Waals surface area contributed by atoms with Crippen LogP contribution < -0.4 is 10.6 Å². The maximum atomic E-state index is 12.2. The number of halogens is 2. The van der Waals surface area contributed by atoms with E-state index in [1.165, 1.54) is 72.1 Å². The summed E-state index contributed by atoms with van der Waals surface area (Å²) >= 11 is 0. The second-order valence-corrected chi connectivity index (χ2v) is 11.2. The van der Waals surface area contributed by atoms with Crippen molar-refractivity contribution in [3.8, 4) is 0 Å². The Morgan fingerprint density at radius 3 is 1.91 bits per heavy atom. The van der Waals surface area contributed by atoms with Crippen LogP contribution >= 0.6 is 0 Å². The number of rotatable bonds is 10. The largest absolute Gasteiger partial charge is 0.359 e. The lowest BCUT2D eigenvalue weighted by Gasteiger charge is -2.31. The van der Waals surface area contributed by atoms with Gasteiger partial charge in [0.15, 0.2) is 0 Å². The fourth-order valence-electron chi connectivity index (χ4n) is 5.22. The van der Waals surface area contributed by atoms with Crippen molar-refractivity contribution in [1.82, 2.24) is 15.5 Å². The van der Waals surface area contributed by atoms with Gasteiger partial charge in [0.2, 0.25) is 6.41 Å². The third-order valence-electron chi connectivity index (χ3n) is 7.09. The number of nitrogens with one attached hydrogen (secondary N) is 2. The Morgan fingerprint density at radius 2 is 1.35 bits per heavy atom. The summed E-state index contributed by atoms with van der Waals surface area (Å²) in [5.74, 6) is -1.04. The minimum atomic E-state index is -0.521. The number of benzene rings is 3. The predicted molar refractivity (Wildman–Crippen MR) is 178 cm³/mol. The number of hydrogen-bond acceptors (Lipinski definition) is 3. The van der Waals surface area contributed by atoms with Crippen LogP contribution in [0, 0.1) is 39.3 Å². The van der Waals surface area contributed by atoms with E-state index in [1.54, 1.807) is 6.92 Å². The molecule has 0 bridgehead atoms. The van der Waals surface area contributed by atoms with Gasteiger partial charge in [-0.05, 0) is 89.4 Å². The molecule has 6 heteroatoms. The highest BCUT2D eigenvalue weighted by Gasteiger charge is 2.17. The van der Waals surface area contributed by atoms with Crippen LogP contribution in [-0.2, 0) is 17.9 Å². The fraction of sp³-hybridized carbons (Fsp3) is 0.486. The van der Waals surface area contributed by atoms with E-state index in [1.807, 2.05) is 13.8 Å². The minimum absolute atomic E-state index is 0.521. The molecule has 1 aliphatic carbocycles. The number of carbonyl (C=O) groups excluding carboxylic acids is 1. The lowest BCUT2D eigenvalue weighted by molar-refractivity contribution is -0.109. The quantitative estimate of drug-likeness (QED) is 0.182. The van der Waals surface area contributed by atoms with Crippen molar-refractivity contribution in [2.75, 3.05) is 20.1 Å². The van der Waals surface area contributed by atoms with Gasteiger partial charge in [0.1, 0.15) is 11.6 Å². The van der Waals surface area contributed by atoms with Gasteiger partial charge in [-0.3, -0.25) is 9.69 Å². The second-order valence-electron chi connectivity index (χ2n) is 11.2. The summed E-state index contributed by atoms with van der Waals surface area (Å²) in [4.78, 5) is 12.5. The monoisotopic (exact) mass is 595 g/mol. The predicted octanol–water partition coefficient (Wildman–Crippen LogP) is 8.59. The molecule has 2 N–H and O–H groups in total. The molecule has 1 fully saturated rings. The van der Waals surface area contributed by atoms with Crippen LogP contribution in [0.2, 0.25) is 0 Å². The van der Waals surface area contributed by atoms with Gasteiger partial charge in [0, 0.05) is 31.7 Å². The third kappa shape index (κ3) is 17.6. The van der Waals surface area contributed by atoms with Crippen molar-refractivity contribution in [3.05, 3.63) is 106 Å². The van der Waals surface area contributed by atoms with Gasteiger partial charge in [-0.2, -0.15) is 0 Å². The molecule has 0 radical (unpaired) electrons. The molecule has 4 rings (SSSR count). The normalized spacial score (nSPS) is 12.6. The summed E-state index contributed by atoms with van der Waals surface area (Å²) in [7, 11) is 2.29. The molecule has 238 valence electrons. The molecule has 3 aromatic rings. The highest BCUT2D eigenvalue weighted by molar-refractivity contribution is 5.45. The van der Waals surface area contributed by atoms with Gasteiger partial charge in [-0.15, -0.1) is 0 Å². The maximum absolute atomic E-state index is 12.2. The first-order valence-corrected chi connectivity index (χ1v) is 15.8. The number of aryl methyl sites for hydroxylation is 4. The molecule has 0 saturated heterocycles. The molecule has 0 aromatic heterocycles. The van der Waals surface area contributed by atoms with E-state index in [-0.39, 0.29) is 0 Å². The molecule has 1 saturated carbocycles. The van der Waals surface area contributed by atoms with Crippen LogP contribution in [0.5, 0.6) is 0 Å². The van der Waals surface area contributed by atoms with Crippen LogP contribution in [0.25, 0.3) is 0 Å². The zero-order valence-electron chi connectivity index (χ0n) is 27.6. The van der Waals surface area contributed by atoms with E-state index in [0.29, 0.717) is 5.56 Å². The summed E-state index contributed by atoms with van der Waals surface area (Å²) in [6, 6.07) is 19.6. The smallest absolute Gasteiger partial charge is 0.207 e. The standard InChI is InChI=1S/C16H25N.C12H18N2O.C7H6F2.C2H6/c1-13-9-14(2)11-15(10-13)12-17(3)16-7-5-4-6-8-16;1-11-4-2-5-12(8-11)9-13-6-3-7-14-10-15;1-5-2-6(8)4-7(9)3-5;1-2/h9-11,16H,4-8,12H2,1-3H3;2,4-5,8,10,13H,3,6-7,9H2,1H3,(H,14,15);2-4H,1H3;1-2H3. The van der Waals surface area contributed by atoms with Crippen molar-refractivity contribution in [2.45, 2.75) is 99.2 Å². The number of carbonyl (C=O) groups is 1. The van der Waals surface area contributed by atoms with Gasteiger partial charge in [0.05, 0.1) is 0 Å². The average Bonchev–Trinajstić information content (AvgIpc) is 2.96. The molecule has 0 atom stereocenters. The summed E-state index contributed by atoms with van der Waals surface area (Å²) in [5.41, 5.74) is 7.44. The third-order valence-corrected chi connectivity index (χ3v) is 7.09. The van der Waals surface area contributed by atoms with E-state index in [4.69, 9.17) is 0 Å². The van der Waals surface area contributed by atoms with Crippen LogP contribution in [0.3, 0.4) is 0 Å². The lowest BCUT2D eigenvalue weighted by atomic mass is 9.94. The lowest BCUT2D eigenvalue weighted by Crippen LogP contribution is -2.32. The van der Waals surface area contributed by atoms with Crippen molar-refractivity contribution < 1.29 is 13.6 Å². The summed E-state index contributed by atoms with van der Waals surface area (Å²) in [6.07, 6.45) is 8.76. The highest BCUT2D eigenvalue weighted by Crippen LogP contribution is 2.23. The molecule has 0 heterocycles. The van der Waals surface area contributed by atoms with Crippen LogP contribution in [0.15, 0.2) is 60.7 Å². The van der Waals surface area contributed by atoms with Crippen molar-refractivity contribution in [1.29, 1.82) is 0 Å². The Bertz CT molecular complexity index is 1110. The van der Waals surface area contributed by atoms with Crippen LogP contribution in [0.4, 0.5) is 8.78 Å². The minimum Gasteiger partial charge on any atom is -0.359 e.